The van der Waals surface area contributed by atoms with Crippen LogP contribution >= 0.6 is 0 Å². The van der Waals surface area contributed by atoms with E-state index in [-0.39, 0.29) is 11.8 Å². The summed E-state index contributed by atoms with van der Waals surface area (Å²) in [7, 11) is 0. The Labute approximate surface area is 102 Å². The molecule has 0 bridgehead atoms. The molecule has 0 unspecified atom stereocenters. The lowest BCUT2D eigenvalue weighted by atomic mass is 9.94. The molecule has 0 fully saturated rings. The molecule has 0 spiro atoms. The topological polar surface area (TPSA) is 58.6 Å². The Morgan fingerprint density at radius 3 is 2.00 bits per heavy atom. The van der Waals surface area contributed by atoms with E-state index in [9.17, 15) is 4.79 Å². The van der Waals surface area contributed by atoms with Crippen LogP contribution in [0.3, 0.4) is 0 Å². The molecule has 1 aromatic carbocycles. The molecule has 0 atom stereocenters. The van der Waals surface area contributed by atoms with Crippen LogP contribution in [0.25, 0.3) is 0 Å². The SMILES string of the molecule is CC(C)c1cccc(C(C)C)c1OC(=O)NO. The van der Waals surface area contributed by atoms with Crippen molar-refractivity contribution in [2.75, 3.05) is 0 Å². The highest BCUT2D eigenvalue weighted by Gasteiger charge is 2.17. The minimum Gasteiger partial charge on any atom is -0.408 e. The summed E-state index contributed by atoms with van der Waals surface area (Å²) in [6, 6.07) is 5.81. The average molecular weight is 237 g/mol. The first kappa shape index (κ1) is 13.5. The van der Waals surface area contributed by atoms with Crippen LogP contribution in [0.1, 0.15) is 50.7 Å². The van der Waals surface area contributed by atoms with Crippen molar-refractivity contribution in [2.45, 2.75) is 39.5 Å². The molecule has 0 heterocycles. The molecular weight excluding hydrogens is 218 g/mol. The van der Waals surface area contributed by atoms with Gasteiger partial charge in [-0.15, -0.1) is 0 Å². The summed E-state index contributed by atoms with van der Waals surface area (Å²) in [6.07, 6.45) is -0.861. The fourth-order valence-electron chi connectivity index (χ4n) is 1.72. The Morgan fingerprint density at radius 1 is 1.18 bits per heavy atom. The van der Waals surface area contributed by atoms with Gasteiger partial charge in [0.15, 0.2) is 0 Å². The zero-order valence-electron chi connectivity index (χ0n) is 10.7. The molecule has 0 saturated heterocycles. The third kappa shape index (κ3) is 3.20. The Bertz CT molecular complexity index is 373. The summed E-state index contributed by atoms with van der Waals surface area (Å²) in [5, 5.41) is 8.53. The fourth-order valence-corrected chi connectivity index (χ4v) is 1.72. The average Bonchev–Trinajstić information content (AvgIpc) is 2.28. The number of hydrogen-bond acceptors (Lipinski definition) is 3. The molecular formula is C13H19NO3. The minimum atomic E-state index is -0.861. The van der Waals surface area contributed by atoms with E-state index in [1.807, 2.05) is 45.9 Å². The summed E-state index contributed by atoms with van der Waals surface area (Å²) in [4.78, 5) is 11.1. The standard InChI is InChI=1S/C13H19NO3/c1-8(2)10-6-5-7-11(9(3)4)12(10)17-13(15)14-16/h5-9,16H,1-4H3,(H,14,15). The van der Waals surface area contributed by atoms with Gasteiger partial charge in [0.25, 0.3) is 0 Å². The maximum atomic E-state index is 11.1. The van der Waals surface area contributed by atoms with E-state index in [1.54, 1.807) is 0 Å². The highest BCUT2D eigenvalue weighted by atomic mass is 16.6. The van der Waals surface area contributed by atoms with E-state index < -0.39 is 6.09 Å². The molecule has 0 aliphatic rings. The van der Waals surface area contributed by atoms with Gasteiger partial charge in [0.1, 0.15) is 5.75 Å². The van der Waals surface area contributed by atoms with Gasteiger partial charge in [0.2, 0.25) is 0 Å². The van der Waals surface area contributed by atoms with E-state index in [0.717, 1.165) is 11.1 Å². The van der Waals surface area contributed by atoms with Gasteiger partial charge in [-0.25, -0.2) is 10.3 Å². The zero-order chi connectivity index (χ0) is 13.0. The van der Waals surface area contributed by atoms with Crippen LogP contribution < -0.4 is 10.2 Å². The van der Waals surface area contributed by atoms with Crippen molar-refractivity contribution in [1.82, 2.24) is 5.48 Å². The normalized spacial score (nSPS) is 10.8. The maximum absolute atomic E-state index is 11.1. The van der Waals surface area contributed by atoms with Crippen molar-refractivity contribution in [3.05, 3.63) is 29.3 Å². The number of carbonyl (C=O) groups is 1. The number of nitrogens with one attached hydrogen (secondary N) is 1. The van der Waals surface area contributed by atoms with Crippen molar-refractivity contribution in [2.24, 2.45) is 0 Å². The summed E-state index contributed by atoms with van der Waals surface area (Å²) < 4.78 is 5.15. The fraction of sp³-hybridized carbons (Fsp3) is 0.462. The van der Waals surface area contributed by atoms with Crippen LogP contribution in [0, 0.1) is 0 Å². The second-order valence-corrected chi connectivity index (χ2v) is 4.58. The molecule has 1 aromatic rings. The number of para-hydroxylation sites is 1. The van der Waals surface area contributed by atoms with Crippen molar-refractivity contribution in [3.8, 4) is 5.75 Å². The van der Waals surface area contributed by atoms with E-state index in [0.29, 0.717) is 5.75 Å². The van der Waals surface area contributed by atoms with Crippen LogP contribution in [0.5, 0.6) is 5.75 Å². The van der Waals surface area contributed by atoms with Gasteiger partial charge in [-0.1, -0.05) is 45.9 Å². The molecule has 2 N–H and O–H groups in total. The Balaban J connectivity index is 3.23. The Hall–Kier alpha value is -1.55. The Morgan fingerprint density at radius 2 is 1.65 bits per heavy atom. The van der Waals surface area contributed by atoms with E-state index in [2.05, 4.69) is 0 Å². The van der Waals surface area contributed by atoms with Gasteiger partial charge in [-0.2, -0.15) is 0 Å². The quantitative estimate of drug-likeness (QED) is 0.625. The second-order valence-electron chi connectivity index (χ2n) is 4.58. The van der Waals surface area contributed by atoms with Crippen molar-refractivity contribution in [1.29, 1.82) is 0 Å². The largest absolute Gasteiger partial charge is 0.436 e. The van der Waals surface area contributed by atoms with Gasteiger partial charge >= 0.3 is 6.09 Å². The highest BCUT2D eigenvalue weighted by molar-refractivity contribution is 5.70. The van der Waals surface area contributed by atoms with Gasteiger partial charge in [0.05, 0.1) is 0 Å². The first-order valence-corrected chi connectivity index (χ1v) is 5.72. The molecule has 0 saturated carbocycles. The van der Waals surface area contributed by atoms with Crippen LogP contribution in [0.15, 0.2) is 18.2 Å². The summed E-state index contributed by atoms with van der Waals surface area (Å²) >= 11 is 0. The summed E-state index contributed by atoms with van der Waals surface area (Å²) in [5.74, 6) is 1.04. The molecule has 0 aliphatic carbocycles. The van der Waals surface area contributed by atoms with E-state index in [4.69, 9.17) is 9.94 Å². The second kappa shape index (κ2) is 5.68. The first-order valence-electron chi connectivity index (χ1n) is 5.72. The minimum absolute atomic E-state index is 0.246. The lowest BCUT2D eigenvalue weighted by Crippen LogP contribution is -2.24. The molecule has 1 rings (SSSR count). The third-order valence-electron chi connectivity index (χ3n) is 2.61. The molecule has 94 valence electrons. The molecule has 1 amide bonds. The first-order chi connectivity index (χ1) is 7.97. The Kier molecular flexibility index (Phi) is 4.52. The van der Waals surface area contributed by atoms with Gasteiger partial charge < -0.3 is 4.74 Å². The molecule has 4 nitrogen and oxygen atoms in total. The van der Waals surface area contributed by atoms with Crippen LogP contribution in [0.2, 0.25) is 0 Å². The van der Waals surface area contributed by atoms with Crippen LogP contribution in [0.4, 0.5) is 4.79 Å². The van der Waals surface area contributed by atoms with Gasteiger partial charge in [0, 0.05) is 0 Å². The number of ether oxygens (including phenoxy) is 1. The maximum Gasteiger partial charge on any atom is 0.436 e. The molecule has 0 radical (unpaired) electrons. The van der Waals surface area contributed by atoms with Crippen molar-refractivity contribution >= 4 is 6.09 Å². The van der Waals surface area contributed by atoms with E-state index >= 15 is 0 Å². The molecule has 0 aliphatic heterocycles. The molecule has 17 heavy (non-hydrogen) atoms. The summed E-state index contributed by atoms with van der Waals surface area (Å²) in [5.41, 5.74) is 3.40. The van der Waals surface area contributed by atoms with Gasteiger partial charge in [-0.3, -0.25) is 5.21 Å². The molecule has 4 heteroatoms. The smallest absolute Gasteiger partial charge is 0.408 e. The lowest BCUT2D eigenvalue weighted by molar-refractivity contribution is 0.127. The zero-order valence-corrected chi connectivity index (χ0v) is 10.7. The number of carbonyl (C=O) groups excluding carboxylic acids is 1. The summed E-state index contributed by atoms with van der Waals surface area (Å²) in [6.45, 7) is 8.12. The van der Waals surface area contributed by atoms with Crippen molar-refractivity contribution < 1.29 is 14.7 Å². The number of hydrogen-bond donors (Lipinski definition) is 2. The number of hydroxylamine groups is 1. The lowest BCUT2D eigenvalue weighted by Gasteiger charge is -2.18. The number of benzene rings is 1. The highest BCUT2D eigenvalue weighted by Crippen LogP contribution is 2.34. The predicted molar refractivity (Wildman–Crippen MR) is 65.6 cm³/mol. The number of amides is 1. The van der Waals surface area contributed by atoms with Crippen LogP contribution in [-0.4, -0.2) is 11.3 Å². The van der Waals surface area contributed by atoms with Gasteiger partial charge in [-0.05, 0) is 23.0 Å². The number of rotatable bonds is 3. The van der Waals surface area contributed by atoms with Crippen LogP contribution in [-0.2, 0) is 0 Å². The predicted octanol–water partition coefficient (Wildman–Crippen LogP) is 3.41. The third-order valence-corrected chi connectivity index (χ3v) is 2.61. The monoisotopic (exact) mass is 237 g/mol. The van der Waals surface area contributed by atoms with Crippen molar-refractivity contribution in [3.63, 3.8) is 0 Å². The van der Waals surface area contributed by atoms with E-state index in [1.165, 1.54) is 5.48 Å². The molecule has 0 aromatic heterocycles.